The number of nitrogens with zero attached hydrogens (tertiary/aromatic N) is 1. The van der Waals surface area contributed by atoms with Gasteiger partial charge >= 0.3 is 6.03 Å². The summed E-state index contributed by atoms with van der Waals surface area (Å²) in [6, 6.07) is -0.222. The molecule has 0 aromatic rings. The number of rotatable bonds is 1. The van der Waals surface area contributed by atoms with Gasteiger partial charge in [-0.05, 0) is 6.08 Å². The highest BCUT2D eigenvalue weighted by atomic mass is 16.7. The fourth-order valence-electron chi connectivity index (χ4n) is 0.591. The predicted molar refractivity (Wildman–Crippen MR) is 31.4 cm³/mol. The van der Waals surface area contributed by atoms with E-state index in [9.17, 15) is 4.79 Å². The largest absolute Gasteiger partial charge is 0.345 e. The molecule has 1 aliphatic heterocycles. The van der Waals surface area contributed by atoms with Crippen LogP contribution in [0.2, 0.25) is 0 Å². The van der Waals surface area contributed by atoms with E-state index in [-0.39, 0.29) is 6.03 Å². The van der Waals surface area contributed by atoms with E-state index in [2.05, 4.69) is 10.2 Å². The summed E-state index contributed by atoms with van der Waals surface area (Å²) in [5, 5.41) is 3.69. The molecule has 0 saturated carbocycles. The molecule has 0 saturated heterocycles. The lowest BCUT2D eigenvalue weighted by Crippen LogP contribution is -2.39. The van der Waals surface area contributed by atoms with E-state index in [1.807, 2.05) is 0 Å². The molecule has 2 amide bonds. The average molecular weight is 128 g/mol. The van der Waals surface area contributed by atoms with Crippen LogP contribution in [0.1, 0.15) is 0 Å². The highest BCUT2D eigenvalue weighted by Gasteiger charge is 2.11. The molecular formula is C5H8N2O2. The van der Waals surface area contributed by atoms with Gasteiger partial charge in [0.2, 0.25) is 0 Å². The molecule has 0 bridgehead atoms. The summed E-state index contributed by atoms with van der Waals surface area (Å²) >= 11 is 0. The second kappa shape index (κ2) is 2.50. The lowest BCUT2D eigenvalue weighted by Gasteiger charge is -2.19. The van der Waals surface area contributed by atoms with Crippen molar-refractivity contribution in [2.24, 2.45) is 0 Å². The highest BCUT2D eigenvalue weighted by Crippen LogP contribution is 1.93. The Kier molecular flexibility index (Phi) is 1.69. The third-order valence-electron chi connectivity index (χ3n) is 1.04. The van der Waals surface area contributed by atoms with E-state index in [4.69, 9.17) is 0 Å². The van der Waals surface area contributed by atoms with Gasteiger partial charge < -0.3 is 5.32 Å². The Balaban J connectivity index is 2.53. The summed E-state index contributed by atoms with van der Waals surface area (Å²) in [5.41, 5.74) is 0. The summed E-state index contributed by atoms with van der Waals surface area (Å²) in [6.45, 7) is 0.516. The second-order valence-electron chi connectivity index (χ2n) is 1.60. The minimum absolute atomic E-state index is 0.222. The van der Waals surface area contributed by atoms with Gasteiger partial charge in [-0.1, -0.05) is 0 Å². The Morgan fingerprint density at radius 2 is 2.67 bits per heavy atom. The van der Waals surface area contributed by atoms with Gasteiger partial charge in [-0.3, -0.25) is 4.84 Å². The third kappa shape index (κ3) is 1.20. The SMILES string of the molecule is CON1CC=CNC1=O. The molecule has 1 aliphatic rings. The van der Waals surface area contributed by atoms with Crippen molar-refractivity contribution in [2.45, 2.75) is 0 Å². The van der Waals surface area contributed by atoms with Crippen LogP contribution < -0.4 is 5.32 Å². The highest BCUT2D eigenvalue weighted by molar-refractivity contribution is 5.75. The Hall–Kier alpha value is -1.03. The minimum atomic E-state index is -0.222. The number of urea groups is 1. The number of hydrogen-bond acceptors (Lipinski definition) is 2. The van der Waals surface area contributed by atoms with E-state index < -0.39 is 0 Å². The van der Waals surface area contributed by atoms with Crippen LogP contribution in [0, 0.1) is 0 Å². The Labute approximate surface area is 53.0 Å². The number of nitrogens with one attached hydrogen (secondary N) is 1. The normalized spacial score (nSPS) is 17.9. The van der Waals surface area contributed by atoms with Crippen molar-refractivity contribution in [3.05, 3.63) is 12.3 Å². The van der Waals surface area contributed by atoms with Crippen molar-refractivity contribution in [3.8, 4) is 0 Å². The molecule has 50 valence electrons. The van der Waals surface area contributed by atoms with Crippen LogP contribution in [0.3, 0.4) is 0 Å². The molecule has 0 aliphatic carbocycles. The fourth-order valence-corrected chi connectivity index (χ4v) is 0.591. The van der Waals surface area contributed by atoms with Crippen LogP contribution in [-0.4, -0.2) is 24.7 Å². The monoisotopic (exact) mass is 128 g/mol. The van der Waals surface area contributed by atoms with Gasteiger partial charge in [-0.25, -0.2) is 4.79 Å². The van der Waals surface area contributed by atoms with Crippen LogP contribution in [0.15, 0.2) is 12.3 Å². The molecule has 0 aromatic carbocycles. The van der Waals surface area contributed by atoms with Crippen molar-refractivity contribution >= 4 is 6.03 Å². The molecule has 1 heterocycles. The standard InChI is InChI=1S/C5H8N2O2/c1-9-7-4-2-3-6-5(7)8/h2-3H,4H2,1H3,(H,6,8). The first kappa shape index (κ1) is 6.10. The molecule has 4 nitrogen and oxygen atoms in total. The molecule has 0 fully saturated rings. The van der Waals surface area contributed by atoms with Crippen LogP contribution in [0.4, 0.5) is 4.79 Å². The lowest BCUT2D eigenvalue weighted by atomic mass is 10.5. The Morgan fingerprint density at radius 3 is 3.11 bits per heavy atom. The molecule has 1 N–H and O–H groups in total. The zero-order valence-corrected chi connectivity index (χ0v) is 5.13. The second-order valence-corrected chi connectivity index (χ2v) is 1.60. The summed E-state index contributed by atoms with van der Waals surface area (Å²) in [4.78, 5) is 15.3. The van der Waals surface area contributed by atoms with E-state index in [1.165, 1.54) is 12.2 Å². The maximum Gasteiger partial charge on any atom is 0.345 e. The molecule has 0 atom stereocenters. The average Bonchev–Trinajstić information content (AvgIpc) is 1.89. The number of carbonyl (C=O) groups excluding carboxylic acids is 1. The molecule has 0 aromatic heterocycles. The summed E-state index contributed by atoms with van der Waals surface area (Å²) in [6.07, 6.45) is 3.39. The van der Waals surface area contributed by atoms with Crippen LogP contribution in [0.25, 0.3) is 0 Å². The quantitative estimate of drug-likeness (QED) is 0.543. The van der Waals surface area contributed by atoms with Crippen LogP contribution in [-0.2, 0) is 4.84 Å². The van der Waals surface area contributed by atoms with E-state index >= 15 is 0 Å². The van der Waals surface area contributed by atoms with E-state index in [1.54, 1.807) is 12.3 Å². The van der Waals surface area contributed by atoms with Gasteiger partial charge in [-0.15, -0.1) is 0 Å². The van der Waals surface area contributed by atoms with E-state index in [0.717, 1.165) is 0 Å². The molecule has 0 unspecified atom stereocenters. The molecule has 4 heteroatoms. The van der Waals surface area contributed by atoms with Gasteiger partial charge in [0.05, 0.1) is 13.7 Å². The van der Waals surface area contributed by atoms with Gasteiger partial charge in [0, 0.05) is 6.20 Å². The van der Waals surface area contributed by atoms with Crippen molar-refractivity contribution in [2.75, 3.05) is 13.7 Å². The first-order valence-electron chi connectivity index (χ1n) is 2.62. The Morgan fingerprint density at radius 1 is 1.89 bits per heavy atom. The number of carbonyl (C=O) groups is 1. The predicted octanol–water partition coefficient (Wildman–Crippen LogP) is 0.0867. The van der Waals surface area contributed by atoms with Crippen molar-refractivity contribution < 1.29 is 9.63 Å². The number of amides is 2. The van der Waals surface area contributed by atoms with Gasteiger partial charge in [0.15, 0.2) is 0 Å². The van der Waals surface area contributed by atoms with Gasteiger partial charge in [-0.2, -0.15) is 5.06 Å². The lowest BCUT2D eigenvalue weighted by molar-refractivity contribution is -0.0784. The minimum Gasteiger partial charge on any atom is -0.313 e. The number of hydrogen-bond donors (Lipinski definition) is 1. The van der Waals surface area contributed by atoms with Crippen LogP contribution in [0.5, 0.6) is 0 Å². The zero-order chi connectivity index (χ0) is 6.69. The maximum atomic E-state index is 10.7. The Bertz CT molecular complexity index is 144. The molecular weight excluding hydrogens is 120 g/mol. The molecule has 0 radical (unpaired) electrons. The van der Waals surface area contributed by atoms with Crippen molar-refractivity contribution in [3.63, 3.8) is 0 Å². The smallest absolute Gasteiger partial charge is 0.313 e. The van der Waals surface area contributed by atoms with E-state index in [0.29, 0.717) is 6.54 Å². The fraction of sp³-hybridized carbons (Fsp3) is 0.400. The van der Waals surface area contributed by atoms with Gasteiger partial charge in [0.1, 0.15) is 0 Å². The van der Waals surface area contributed by atoms with Gasteiger partial charge in [0.25, 0.3) is 0 Å². The van der Waals surface area contributed by atoms with Crippen molar-refractivity contribution in [1.29, 1.82) is 0 Å². The molecule has 9 heavy (non-hydrogen) atoms. The molecule has 1 rings (SSSR count). The summed E-state index contributed by atoms with van der Waals surface area (Å²) in [5.74, 6) is 0. The topological polar surface area (TPSA) is 41.6 Å². The number of hydroxylamine groups is 2. The first-order chi connectivity index (χ1) is 4.34. The summed E-state index contributed by atoms with van der Waals surface area (Å²) < 4.78 is 0. The maximum absolute atomic E-state index is 10.7. The van der Waals surface area contributed by atoms with Crippen LogP contribution >= 0.6 is 0 Å². The summed E-state index contributed by atoms with van der Waals surface area (Å²) in [7, 11) is 1.46. The molecule has 0 spiro atoms. The third-order valence-corrected chi connectivity index (χ3v) is 1.04. The zero-order valence-electron chi connectivity index (χ0n) is 5.13. The first-order valence-corrected chi connectivity index (χ1v) is 2.62. The van der Waals surface area contributed by atoms with Crippen molar-refractivity contribution in [1.82, 2.24) is 10.4 Å².